The normalized spacial score (nSPS) is 11.8. The van der Waals surface area contributed by atoms with Crippen molar-refractivity contribution >= 4 is 27.7 Å². The van der Waals surface area contributed by atoms with Gasteiger partial charge in [-0.15, -0.1) is 0 Å². The molecule has 0 aliphatic rings. The van der Waals surface area contributed by atoms with E-state index in [0.29, 0.717) is 12.0 Å². The molecule has 0 radical (unpaired) electrons. The van der Waals surface area contributed by atoms with E-state index in [-0.39, 0.29) is 30.8 Å². The van der Waals surface area contributed by atoms with E-state index in [0.717, 1.165) is 15.6 Å². The molecule has 2 amide bonds. The maximum atomic E-state index is 14.3. The molecule has 6 heteroatoms. The molecule has 0 fully saturated rings. The van der Waals surface area contributed by atoms with Crippen LogP contribution in [-0.4, -0.2) is 28.8 Å². The molecule has 0 saturated carbocycles. The molecule has 0 aromatic heterocycles. The predicted octanol–water partition coefficient (Wildman–Crippen LogP) is 5.30. The Morgan fingerprint density at radius 3 is 2.27 bits per heavy atom. The van der Waals surface area contributed by atoms with Gasteiger partial charge in [0.05, 0.1) is 6.42 Å². The Balaban J connectivity index is 1.98. The molecule has 1 atom stereocenters. The lowest BCUT2D eigenvalue weighted by molar-refractivity contribution is -0.141. The average molecular weight is 511 g/mol. The minimum Gasteiger partial charge on any atom is -0.352 e. The predicted molar refractivity (Wildman–Crippen MR) is 132 cm³/mol. The van der Waals surface area contributed by atoms with Crippen LogP contribution in [0.3, 0.4) is 0 Å². The molecular weight excluding hydrogens is 483 g/mol. The van der Waals surface area contributed by atoms with Crippen LogP contribution in [0.1, 0.15) is 30.5 Å². The fourth-order valence-electron chi connectivity index (χ4n) is 3.67. The second-order valence-corrected chi connectivity index (χ2v) is 9.20. The van der Waals surface area contributed by atoms with Gasteiger partial charge in [-0.1, -0.05) is 76.6 Å². The summed E-state index contributed by atoms with van der Waals surface area (Å²) in [6, 6.07) is 22.7. The minimum atomic E-state index is -0.743. The standard InChI is InChI=1S/C27H28BrFN2O2/c1-19(2)30-27(33)25(16-20-9-4-3-5-10-20)31(18-21-11-8-13-23(28)15-21)26(32)17-22-12-6-7-14-24(22)29/h3-15,19,25H,16-18H2,1-2H3,(H,30,33)/t25-/m0/s1. The van der Waals surface area contributed by atoms with Gasteiger partial charge >= 0.3 is 0 Å². The van der Waals surface area contributed by atoms with E-state index in [4.69, 9.17) is 0 Å². The quantitative estimate of drug-likeness (QED) is 0.424. The number of nitrogens with zero attached hydrogens (tertiary/aromatic N) is 1. The van der Waals surface area contributed by atoms with Crippen molar-refractivity contribution in [3.63, 3.8) is 0 Å². The van der Waals surface area contributed by atoms with Crippen molar-refractivity contribution in [3.8, 4) is 0 Å². The van der Waals surface area contributed by atoms with Crippen molar-refractivity contribution in [2.24, 2.45) is 0 Å². The number of halogens is 2. The highest BCUT2D eigenvalue weighted by molar-refractivity contribution is 9.10. The largest absolute Gasteiger partial charge is 0.352 e. The summed E-state index contributed by atoms with van der Waals surface area (Å²) >= 11 is 3.47. The number of nitrogens with one attached hydrogen (secondary N) is 1. The van der Waals surface area contributed by atoms with Crippen LogP contribution in [0.5, 0.6) is 0 Å². The zero-order valence-electron chi connectivity index (χ0n) is 18.8. The first-order chi connectivity index (χ1) is 15.8. The van der Waals surface area contributed by atoms with E-state index in [1.54, 1.807) is 23.1 Å². The Morgan fingerprint density at radius 1 is 0.939 bits per heavy atom. The van der Waals surface area contributed by atoms with Crippen molar-refractivity contribution in [2.75, 3.05) is 0 Å². The molecule has 33 heavy (non-hydrogen) atoms. The van der Waals surface area contributed by atoms with Gasteiger partial charge in [-0.25, -0.2) is 4.39 Å². The maximum Gasteiger partial charge on any atom is 0.243 e. The lowest BCUT2D eigenvalue weighted by atomic mass is 10.0. The van der Waals surface area contributed by atoms with Crippen LogP contribution < -0.4 is 5.32 Å². The molecule has 0 aliphatic heterocycles. The second-order valence-electron chi connectivity index (χ2n) is 8.29. The summed E-state index contributed by atoms with van der Waals surface area (Å²) in [5.41, 5.74) is 2.13. The number of hydrogen-bond acceptors (Lipinski definition) is 2. The number of carbonyl (C=O) groups excluding carboxylic acids is 2. The zero-order valence-corrected chi connectivity index (χ0v) is 20.4. The van der Waals surface area contributed by atoms with Gasteiger partial charge in [-0.05, 0) is 48.7 Å². The molecule has 0 unspecified atom stereocenters. The molecule has 3 rings (SSSR count). The van der Waals surface area contributed by atoms with Crippen molar-refractivity contribution in [1.82, 2.24) is 10.2 Å². The van der Waals surface area contributed by atoms with Crippen molar-refractivity contribution < 1.29 is 14.0 Å². The summed E-state index contributed by atoms with van der Waals surface area (Å²) in [6.45, 7) is 4.00. The summed E-state index contributed by atoms with van der Waals surface area (Å²) in [5.74, 6) is -0.967. The van der Waals surface area contributed by atoms with Crippen molar-refractivity contribution in [3.05, 3.63) is 106 Å². The van der Waals surface area contributed by atoms with Gasteiger partial charge in [0.1, 0.15) is 11.9 Å². The highest BCUT2D eigenvalue weighted by Gasteiger charge is 2.31. The molecule has 3 aromatic rings. The highest BCUT2D eigenvalue weighted by Crippen LogP contribution is 2.19. The molecular formula is C27H28BrFN2O2. The van der Waals surface area contributed by atoms with Crippen LogP contribution >= 0.6 is 15.9 Å². The molecule has 3 aromatic carbocycles. The van der Waals surface area contributed by atoms with E-state index in [2.05, 4.69) is 21.2 Å². The second kappa shape index (κ2) is 11.8. The number of hydrogen-bond donors (Lipinski definition) is 1. The van der Waals surface area contributed by atoms with Gasteiger partial charge in [0.15, 0.2) is 0 Å². The van der Waals surface area contributed by atoms with Gasteiger partial charge in [0, 0.05) is 23.5 Å². The lowest BCUT2D eigenvalue weighted by Gasteiger charge is -2.32. The Kier molecular flexibility index (Phi) is 8.78. The third-order valence-corrected chi connectivity index (χ3v) is 5.74. The summed E-state index contributed by atoms with van der Waals surface area (Å²) in [5, 5.41) is 2.95. The molecule has 1 N–H and O–H groups in total. The Bertz CT molecular complexity index is 1090. The van der Waals surface area contributed by atoms with E-state index in [1.807, 2.05) is 68.4 Å². The number of carbonyl (C=O) groups is 2. The zero-order chi connectivity index (χ0) is 23.8. The lowest BCUT2D eigenvalue weighted by Crippen LogP contribution is -2.52. The highest BCUT2D eigenvalue weighted by atomic mass is 79.9. The van der Waals surface area contributed by atoms with Crippen LogP contribution in [0, 0.1) is 5.82 Å². The molecule has 0 spiro atoms. The third-order valence-electron chi connectivity index (χ3n) is 5.24. The van der Waals surface area contributed by atoms with Crippen molar-refractivity contribution in [2.45, 2.75) is 45.3 Å². The molecule has 0 heterocycles. The Labute approximate surface area is 202 Å². The van der Waals surface area contributed by atoms with Crippen molar-refractivity contribution in [1.29, 1.82) is 0 Å². The SMILES string of the molecule is CC(C)NC(=O)[C@H](Cc1ccccc1)N(Cc1cccc(Br)c1)C(=O)Cc1ccccc1F. The average Bonchev–Trinajstić information content (AvgIpc) is 2.78. The fraction of sp³-hybridized carbons (Fsp3) is 0.259. The third kappa shape index (κ3) is 7.26. The van der Waals surface area contributed by atoms with Crippen LogP contribution in [0.4, 0.5) is 4.39 Å². The van der Waals surface area contributed by atoms with Gasteiger partial charge < -0.3 is 10.2 Å². The van der Waals surface area contributed by atoms with Crippen LogP contribution in [0.2, 0.25) is 0 Å². The van der Waals surface area contributed by atoms with Gasteiger partial charge in [-0.2, -0.15) is 0 Å². The van der Waals surface area contributed by atoms with Gasteiger partial charge in [0.2, 0.25) is 11.8 Å². The van der Waals surface area contributed by atoms with E-state index in [1.165, 1.54) is 6.07 Å². The minimum absolute atomic E-state index is 0.0786. The topological polar surface area (TPSA) is 49.4 Å². The van der Waals surface area contributed by atoms with Crippen LogP contribution in [0.15, 0.2) is 83.3 Å². The number of amides is 2. The molecule has 0 bridgehead atoms. The van der Waals surface area contributed by atoms with E-state index in [9.17, 15) is 14.0 Å². The molecule has 0 aliphatic carbocycles. The fourth-order valence-corrected chi connectivity index (χ4v) is 4.12. The summed E-state index contributed by atoms with van der Waals surface area (Å²) in [4.78, 5) is 28.4. The first-order valence-electron chi connectivity index (χ1n) is 10.9. The Morgan fingerprint density at radius 2 is 1.61 bits per heavy atom. The smallest absolute Gasteiger partial charge is 0.243 e. The molecule has 172 valence electrons. The van der Waals surface area contributed by atoms with Crippen LogP contribution in [-0.2, 0) is 29.0 Å². The molecule has 0 saturated heterocycles. The van der Waals surface area contributed by atoms with E-state index >= 15 is 0 Å². The first kappa shape index (κ1) is 24.6. The number of benzene rings is 3. The summed E-state index contributed by atoms with van der Waals surface area (Å²) in [7, 11) is 0. The number of rotatable bonds is 9. The van der Waals surface area contributed by atoms with Gasteiger partial charge in [0.25, 0.3) is 0 Å². The summed E-state index contributed by atoms with van der Waals surface area (Å²) < 4.78 is 15.2. The maximum absolute atomic E-state index is 14.3. The molecule has 4 nitrogen and oxygen atoms in total. The monoisotopic (exact) mass is 510 g/mol. The first-order valence-corrected chi connectivity index (χ1v) is 11.7. The van der Waals surface area contributed by atoms with Crippen LogP contribution in [0.25, 0.3) is 0 Å². The van der Waals surface area contributed by atoms with E-state index < -0.39 is 11.9 Å². The Hall–Kier alpha value is -2.99. The van der Waals surface area contributed by atoms with Gasteiger partial charge in [-0.3, -0.25) is 9.59 Å². The summed E-state index contributed by atoms with van der Waals surface area (Å²) in [6.07, 6.45) is 0.233.